The quantitative estimate of drug-likeness (QED) is 0.186. The third kappa shape index (κ3) is 8.60. The molecule has 0 saturated carbocycles. The molecule has 1 atom stereocenters. The highest BCUT2D eigenvalue weighted by atomic mass is 32.2. The van der Waals surface area contributed by atoms with Crippen LogP contribution in [0.5, 0.6) is 0 Å². The first-order chi connectivity index (χ1) is 21.5. The molecule has 0 aliphatic carbocycles. The highest BCUT2D eigenvalue weighted by Crippen LogP contribution is 2.27. The molecule has 8 heteroatoms. The molecule has 0 saturated heterocycles. The molecule has 4 aromatic rings. The number of benzene rings is 4. The topological polar surface area (TPSA) is 86.8 Å². The van der Waals surface area contributed by atoms with Crippen molar-refractivity contribution in [2.45, 2.75) is 64.4 Å². The molecule has 236 valence electrons. The molecule has 45 heavy (non-hydrogen) atoms. The molecular formula is C37H43N3O4S. The van der Waals surface area contributed by atoms with Gasteiger partial charge in [-0.3, -0.25) is 13.9 Å². The molecule has 0 fully saturated rings. The minimum Gasteiger partial charge on any atom is -0.355 e. The molecule has 0 unspecified atom stereocenters. The molecular weight excluding hydrogens is 582 g/mol. The summed E-state index contributed by atoms with van der Waals surface area (Å²) in [6, 6.07) is 30.3. The molecule has 0 aromatic heterocycles. The van der Waals surface area contributed by atoms with E-state index in [1.165, 1.54) is 4.90 Å². The van der Waals surface area contributed by atoms with Crippen molar-refractivity contribution >= 4 is 27.5 Å². The van der Waals surface area contributed by atoms with Crippen LogP contribution in [0, 0.1) is 13.8 Å². The van der Waals surface area contributed by atoms with Crippen LogP contribution in [-0.2, 0) is 32.6 Å². The number of hydrogen-bond acceptors (Lipinski definition) is 4. The van der Waals surface area contributed by atoms with Gasteiger partial charge >= 0.3 is 0 Å². The number of nitrogens with one attached hydrogen (secondary N) is 1. The van der Waals surface area contributed by atoms with E-state index in [2.05, 4.69) is 19.2 Å². The van der Waals surface area contributed by atoms with Crippen molar-refractivity contribution in [2.24, 2.45) is 0 Å². The molecule has 4 aromatic carbocycles. The summed E-state index contributed by atoms with van der Waals surface area (Å²) in [7, 11) is -4.14. The van der Waals surface area contributed by atoms with Gasteiger partial charge in [-0.25, -0.2) is 8.42 Å². The second-order valence-corrected chi connectivity index (χ2v) is 13.5. The number of anilines is 1. The van der Waals surface area contributed by atoms with Gasteiger partial charge < -0.3 is 10.2 Å². The van der Waals surface area contributed by atoms with Crippen molar-refractivity contribution in [3.8, 4) is 0 Å². The average Bonchev–Trinajstić information content (AvgIpc) is 3.02. The van der Waals surface area contributed by atoms with Gasteiger partial charge in [0.1, 0.15) is 12.6 Å². The summed E-state index contributed by atoms with van der Waals surface area (Å²) in [4.78, 5) is 29.7. The SMILES string of the molecule is CCNC(=O)[C@H](Cc1ccccc1)N(Cc1cccc(C)c1)C(=O)CN(c1ccc(C(C)C)cc1)S(=O)(=O)c1ccc(C)cc1. The number of likely N-dealkylation sites (N-methyl/N-ethyl adjacent to an activating group) is 1. The average molecular weight is 626 g/mol. The number of nitrogens with zero attached hydrogens (tertiary/aromatic N) is 2. The highest BCUT2D eigenvalue weighted by molar-refractivity contribution is 7.92. The van der Waals surface area contributed by atoms with Crippen LogP contribution in [0.4, 0.5) is 5.69 Å². The minimum absolute atomic E-state index is 0.0867. The number of sulfonamides is 1. The van der Waals surface area contributed by atoms with Gasteiger partial charge in [-0.1, -0.05) is 104 Å². The van der Waals surface area contributed by atoms with Gasteiger partial charge in [0.2, 0.25) is 11.8 Å². The Morgan fingerprint density at radius 3 is 2.02 bits per heavy atom. The van der Waals surface area contributed by atoms with Crippen molar-refractivity contribution in [1.29, 1.82) is 0 Å². The van der Waals surface area contributed by atoms with Gasteiger partial charge in [0.25, 0.3) is 10.0 Å². The molecule has 0 aliphatic heterocycles. The highest BCUT2D eigenvalue weighted by Gasteiger charge is 2.34. The lowest BCUT2D eigenvalue weighted by Crippen LogP contribution is -2.53. The van der Waals surface area contributed by atoms with E-state index in [-0.39, 0.29) is 29.7 Å². The minimum atomic E-state index is -4.14. The van der Waals surface area contributed by atoms with Crippen molar-refractivity contribution < 1.29 is 18.0 Å². The maximum Gasteiger partial charge on any atom is 0.264 e. The van der Waals surface area contributed by atoms with Crippen molar-refractivity contribution in [2.75, 3.05) is 17.4 Å². The number of carbonyl (C=O) groups excluding carboxylic acids is 2. The molecule has 0 heterocycles. The van der Waals surface area contributed by atoms with Crippen LogP contribution >= 0.6 is 0 Å². The summed E-state index contributed by atoms with van der Waals surface area (Å²) in [6.07, 6.45) is 0.276. The first-order valence-electron chi connectivity index (χ1n) is 15.4. The Morgan fingerprint density at radius 1 is 0.778 bits per heavy atom. The first kappa shape index (κ1) is 33.5. The normalized spacial score (nSPS) is 12.0. The number of carbonyl (C=O) groups is 2. The van der Waals surface area contributed by atoms with Gasteiger partial charge in [-0.2, -0.15) is 0 Å². The third-order valence-corrected chi connectivity index (χ3v) is 9.58. The predicted molar refractivity (Wildman–Crippen MR) is 181 cm³/mol. The summed E-state index contributed by atoms with van der Waals surface area (Å²) in [6.45, 7) is 9.88. The van der Waals surface area contributed by atoms with Gasteiger partial charge in [0.05, 0.1) is 10.6 Å². The number of amides is 2. The molecule has 0 bridgehead atoms. The van der Waals surface area contributed by atoms with E-state index < -0.39 is 28.5 Å². The third-order valence-electron chi connectivity index (χ3n) is 7.79. The molecule has 1 N–H and O–H groups in total. The molecule has 0 radical (unpaired) electrons. The Hall–Kier alpha value is -4.43. The maximum atomic E-state index is 14.5. The lowest BCUT2D eigenvalue weighted by Gasteiger charge is -2.34. The van der Waals surface area contributed by atoms with Crippen LogP contribution in [0.15, 0.2) is 108 Å². The summed E-state index contributed by atoms with van der Waals surface area (Å²) in [5.41, 5.74) is 5.11. The fourth-order valence-corrected chi connectivity index (χ4v) is 6.66. The Bertz CT molecular complexity index is 1690. The van der Waals surface area contributed by atoms with E-state index in [0.717, 1.165) is 32.1 Å². The van der Waals surface area contributed by atoms with E-state index in [1.54, 1.807) is 36.4 Å². The van der Waals surface area contributed by atoms with Crippen molar-refractivity contribution in [1.82, 2.24) is 10.2 Å². The van der Waals surface area contributed by atoms with Gasteiger partial charge in [-0.05, 0) is 67.6 Å². The molecule has 0 aliphatic rings. The lowest BCUT2D eigenvalue weighted by molar-refractivity contribution is -0.140. The van der Waals surface area contributed by atoms with Gasteiger partial charge in [0, 0.05) is 19.5 Å². The van der Waals surface area contributed by atoms with E-state index >= 15 is 0 Å². The smallest absolute Gasteiger partial charge is 0.264 e. The number of rotatable bonds is 13. The van der Waals surface area contributed by atoms with Crippen LogP contribution in [0.2, 0.25) is 0 Å². The Kier molecular flexibility index (Phi) is 11.2. The predicted octanol–water partition coefficient (Wildman–Crippen LogP) is 6.40. The van der Waals surface area contributed by atoms with Crippen molar-refractivity contribution in [3.63, 3.8) is 0 Å². The Morgan fingerprint density at radius 2 is 1.42 bits per heavy atom. The van der Waals surface area contributed by atoms with Crippen LogP contribution in [0.25, 0.3) is 0 Å². The first-order valence-corrected chi connectivity index (χ1v) is 16.8. The zero-order valence-corrected chi connectivity index (χ0v) is 27.6. The fraction of sp³-hybridized carbons (Fsp3) is 0.297. The molecule has 0 spiro atoms. The largest absolute Gasteiger partial charge is 0.355 e. The van der Waals surface area contributed by atoms with E-state index in [9.17, 15) is 18.0 Å². The van der Waals surface area contributed by atoms with Crippen molar-refractivity contribution in [3.05, 3.63) is 131 Å². The molecule has 7 nitrogen and oxygen atoms in total. The maximum absolute atomic E-state index is 14.5. The number of hydrogen-bond donors (Lipinski definition) is 1. The lowest BCUT2D eigenvalue weighted by atomic mass is 10.0. The summed E-state index contributed by atoms with van der Waals surface area (Å²) in [5.74, 6) is -0.521. The van der Waals surface area contributed by atoms with E-state index in [0.29, 0.717) is 12.2 Å². The number of aryl methyl sites for hydroxylation is 2. The standard InChI is InChI=1S/C37H43N3O4S/c1-6-38-37(42)35(24-30-12-8-7-9-13-30)39(25-31-14-10-11-29(5)23-31)36(41)26-40(33-19-17-32(18-20-33)27(2)3)45(43,44)34-21-15-28(4)16-22-34/h7-23,27,35H,6,24-26H2,1-5H3,(H,38,42)/t35-/m0/s1. The monoisotopic (exact) mass is 625 g/mol. The second-order valence-electron chi connectivity index (χ2n) is 11.7. The Labute approximate surface area is 268 Å². The van der Waals surface area contributed by atoms with E-state index in [1.807, 2.05) is 87.5 Å². The Balaban J connectivity index is 1.80. The van der Waals surface area contributed by atoms with Crippen LogP contribution in [0.1, 0.15) is 54.5 Å². The van der Waals surface area contributed by atoms with Crippen LogP contribution < -0.4 is 9.62 Å². The molecule has 4 rings (SSSR count). The van der Waals surface area contributed by atoms with Crippen LogP contribution in [-0.4, -0.2) is 44.3 Å². The zero-order valence-electron chi connectivity index (χ0n) is 26.7. The van der Waals surface area contributed by atoms with Gasteiger partial charge in [-0.15, -0.1) is 0 Å². The fourth-order valence-electron chi connectivity index (χ4n) is 5.24. The summed E-state index contributed by atoms with van der Waals surface area (Å²) in [5, 5.41) is 2.90. The van der Waals surface area contributed by atoms with Gasteiger partial charge in [0.15, 0.2) is 0 Å². The van der Waals surface area contributed by atoms with Crippen LogP contribution in [0.3, 0.4) is 0 Å². The summed E-state index contributed by atoms with van der Waals surface area (Å²) >= 11 is 0. The summed E-state index contributed by atoms with van der Waals surface area (Å²) < 4.78 is 29.6. The second kappa shape index (κ2) is 15.0. The zero-order chi connectivity index (χ0) is 32.6. The molecule has 2 amide bonds. The van der Waals surface area contributed by atoms with E-state index in [4.69, 9.17) is 0 Å².